The average molecular weight is 761 g/mol. The van der Waals surface area contributed by atoms with Crippen molar-refractivity contribution in [3.8, 4) is 17.2 Å². The van der Waals surface area contributed by atoms with Crippen LogP contribution >= 0.6 is 8.60 Å². The van der Waals surface area contributed by atoms with Crippen molar-refractivity contribution in [1.29, 1.82) is 0 Å². The summed E-state index contributed by atoms with van der Waals surface area (Å²) in [6.07, 6.45) is 0. The Morgan fingerprint density at radius 2 is 0.709 bits per heavy atom. The van der Waals surface area contributed by atoms with Crippen molar-refractivity contribution in [1.82, 2.24) is 0 Å². The van der Waals surface area contributed by atoms with Gasteiger partial charge in [0.15, 0.2) is 0 Å². The van der Waals surface area contributed by atoms with Crippen molar-refractivity contribution in [2.75, 3.05) is 0 Å². The van der Waals surface area contributed by atoms with Gasteiger partial charge in [0.05, 0.1) is 0 Å². The van der Waals surface area contributed by atoms with E-state index in [1.165, 1.54) is 49.4 Å². The van der Waals surface area contributed by atoms with Gasteiger partial charge in [-0.15, -0.1) is 0 Å². The van der Waals surface area contributed by atoms with Crippen LogP contribution in [-0.2, 0) is 32.5 Å². The molecular formula is C51H69O3P. The number of rotatable bonds is 6. The maximum atomic E-state index is 7.14. The van der Waals surface area contributed by atoms with Gasteiger partial charge in [0.2, 0.25) is 0 Å². The van der Waals surface area contributed by atoms with Gasteiger partial charge in [-0.25, -0.2) is 0 Å². The van der Waals surface area contributed by atoms with E-state index in [-0.39, 0.29) is 32.5 Å². The molecule has 5 rings (SSSR count). The van der Waals surface area contributed by atoms with E-state index in [1.807, 2.05) is 12.1 Å². The molecule has 0 aliphatic heterocycles. The second-order valence-electron chi connectivity index (χ2n) is 22.0. The van der Waals surface area contributed by atoms with Crippen LogP contribution in [0.5, 0.6) is 17.2 Å². The van der Waals surface area contributed by atoms with Crippen LogP contribution in [-0.4, -0.2) is 0 Å². The Morgan fingerprint density at radius 1 is 0.364 bits per heavy atom. The molecule has 3 nitrogen and oxygen atoms in total. The molecule has 296 valence electrons. The lowest BCUT2D eigenvalue weighted by Gasteiger charge is -2.31. The van der Waals surface area contributed by atoms with Gasteiger partial charge in [0, 0.05) is 11.1 Å². The van der Waals surface area contributed by atoms with Crippen LogP contribution in [0.15, 0.2) is 72.8 Å². The summed E-state index contributed by atoms with van der Waals surface area (Å²) in [6.45, 7) is 43.2. The lowest BCUT2D eigenvalue weighted by Crippen LogP contribution is -2.19. The van der Waals surface area contributed by atoms with Crippen LogP contribution in [0.4, 0.5) is 0 Å². The molecule has 0 N–H and O–H groups in total. The number of hydrogen-bond donors (Lipinski definition) is 0. The third-order valence-corrected chi connectivity index (χ3v) is 11.7. The first-order chi connectivity index (χ1) is 24.9. The molecule has 0 atom stereocenters. The molecular weight excluding hydrogens is 692 g/mol. The summed E-state index contributed by atoms with van der Waals surface area (Å²) >= 11 is 0. The molecule has 0 aliphatic carbocycles. The quantitative estimate of drug-likeness (QED) is 0.161. The third kappa shape index (κ3) is 9.71. The van der Waals surface area contributed by atoms with E-state index in [0.29, 0.717) is 5.75 Å². The van der Waals surface area contributed by atoms with Crippen LogP contribution in [0.25, 0.3) is 21.5 Å². The highest BCUT2D eigenvalue weighted by Crippen LogP contribution is 2.50. The van der Waals surface area contributed by atoms with Crippen LogP contribution in [0.1, 0.15) is 164 Å². The van der Waals surface area contributed by atoms with E-state index in [1.54, 1.807) is 0 Å². The molecule has 0 saturated heterocycles. The summed E-state index contributed by atoms with van der Waals surface area (Å²) in [5.74, 6) is 2.29. The van der Waals surface area contributed by atoms with Gasteiger partial charge >= 0.3 is 8.60 Å². The fourth-order valence-corrected chi connectivity index (χ4v) is 8.14. The first-order valence-corrected chi connectivity index (χ1v) is 21.2. The van der Waals surface area contributed by atoms with E-state index in [4.69, 9.17) is 13.6 Å². The highest BCUT2D eigenvalue weighted by molar-refractivity contribution is 7.43. The largest absolute Gasteiger partial charge is 0.530 e. The molecule has 0 aliphatic rings. The lowest BCUT2D eigenvalue weighted by atomic mass is 9.76. The van der Waals surface area contributed by atoms with E-state index in [0.717, 1.165) is 22.6 Å². The van der Waals surface area contributed by atoms with Crippen molar-refractivity contribution in [3.63, 3.8) is 0 Å². The van der Waals surface area contributed by atoms with Crippen molar-refractivity contribution in [2.24, 2.45) is 0 Å². The van der Waals surface area contributed by atoms with Crippen LogP contribution in [0.2, 0.25) is 0 Å². The lowest BCUT2D eigenvalue weighted by molar-refractivity contribution is 0.378. The number of benzene rings is 5. The predicted molar refractivity (Wildman–Crippen MR) is 240 cm³/mol. The zero-order valence-electron chi connectivity index (χ0n) is 37.6. The summed E-state index contributed by atoms with van der Waals surface area (Å²) in [7, 11) is -1.96. The van der Waals surface area contributed by atoms with Crippen LogP contribution < -0.4 is 13.6 Å². The van der Waals surface area contributed by atoms with Gasteiger partial charge < -0.3 is 13.6 Å². The molecule has 0 aromatic heterocycles. The minimum atomic E-state index is -1.96. The van der Waals surface area contributed by atoms with Crippen molar-refractivity contribution < 1.29 is 13.6 Å². The minimum Gasteiger partial charge on any atom is -0.409 e. The SMILES string of the molecule is Cc1ccc(OP(Oc2cc3c(C(C)(C)C)cc(C(C)(C)C)cc3cc2C(C)(C)C)Oc2cc3c(C(C)(C)C)cc(C(C)(C)C)cc3cc2C(C)(C)C)cc1. The first kappa shape index (κ1) is 42.6. The monoisotopic (exact) mass is 760 g/mol. The number of fused-ring (bicyclic) bond motifs is 2. The van der Waals surface area contributed by atoms with E-state index in [9.17, 15) is 0 Å². The normalized spacial score (nSPS) is 13.5. The fraction of sp³-hybridized carbons (Fsp3) is 0.490. The van der Waals surface area contributed by atoms with Crippen molar-refractivity contribution in [2.45, 2.75) is 164 Å². The Labute approximate surface area is 335 Å². The Hall–Kier alpha value is -3.55. The summed E-state index contributed by atoms with van der Waals surface area (Å²) in [5.41, 5.74) is 8.14. The Balaban J connectivity index is 1.77. The Morgan fingerprint density at radius 3 is 1.02 bits per heavy atom. The second kappa shape index (κ2) is 14.4. The van der Waals surface area contributed by atoms with E-state index in [2.05, 4.69) is 192 Å². The van der Waals surface area contributed by atoms with Gasteiger partial charge in [-0.1, -0.05) is 167 Å². The highest BCUT2D eigenvalue weighted by atomic mass is 31.2. The summed E-state index contributed by atoms with van der Waals surface area (Å²) in [4.78, 5) is 0. The molecule has 5 aromatic carbocycles. The minimum absolute atomic E-state index is 0.0150. The smallest absolute Gasteiger partial charge is 0.409 e. The van der Waals surface area contributed by atoms with Crippen molar-refractivity contribution >= 4 is 30.1 Å². The zero-order valence-corrected chi connectivity index (χ0v) is 38.5. The van der Waals surface area contributed by atoms with Gasteiger partial charge in [0.25, 0.3) is 0 Å². The number of hydrogen-bond acceptors (Lipinski definition) is 3. The molecule has 0 spiro atoms. The molecule has 0 saturated carbocycles. The fourth-order valence-electron chi connectivity index (χ4n) is 7.12. The molecule has 55 heavy (non-hydrogen) atoms. The first-order valence-electron chi connectivity index (χ1n) is 20.1. The molecule has 0 radical (unpaired) electrons. The van der Waals surface area contributed by atoms with Crippen LogP contribution in [0.3, 0.4) is 0 Å². The standard InChI is InChI=1S/C51H69O3P/c1-32-20-22-37(23-21-32)52-55(53-44-30-38-33(26-42(44)50(14,15)16)24-35(46(2,3)4)28-40(38)48(8,9)10)54-45-31-39-34(27-43(45)51(17,18)19)25-36(47(5,6)7)29-41(39)49(11,12)13/h20-31H,1-19H3. The van der Waals surface area contributed by atoms with E-state index < -0.39 is 8.60 Å². The van der Waals surface area contributed by atoms with Crippen molar-refractivity contribution in [3.05, 3.63) is 112 Å². The molecule has 4 heteroatoms. The molecule has 0 unspecified atom stereocenters. The van der Waals surface area contributed by atoms with Gasteiger partial charge in [-0.3, -0.25) is 0 Å². The molecule has 0 heterocycles. The summed E-state index contributed by atoms with van der Waals surface area (Å²) in [6, 6.07) is 26.9. The second-order valence-corrected chi connectivity index (χ2v) is 23.0. The maximum Gasteiger partial charge on any atom is 0.530 e. The Bertz CT molecular complexity index is 2050. The van der Waals surface area contributed by atoms with Gasteiger partial charge in [-0.2, -0.15) is 0 Å². The van der Waals surface area contributed by atoms with Crippen LogP contribution in [0, 0.1) is 6.92 Å². The van der Waals surface area contributed by atoms with Gasteiger partial charge in [-0.05, 0) is 120 Å². The topological polar surface area (TPSA) is 27.7 Å². The van der Waals surface area contributed by atoms with Gasteiger partial charge in [0.1, 0.15) is 17.2 Å². The average Bonchev–Trinajstić information content (AvgIpc) is 3.01. The summed E-state index contributed by atoms with van der Waals surface area (Å²) in [5, 5.41) is 4.85. The molecule has 0 fully saturated rings. The molecule has 5 aromatic rings. The molecule has 0 bridgehead atoms. The molecule has 0 amide bonds. The Kier molecular flexibility index (Phi) is 11.2. The zero-order chi connectivity index (χ0) is 41.3. The number of aryl methyl sites for hydroxylation is 1. The summed E-state index contributed by atoms with van der Waals surface area (Å²) < 4.78 is 21.1. The predicted octanol–water partition coefficient (Wildman–Crippen LogP) is 15.9. The van der Waals surface area contributed by atoms with E-state index >= 15 is 0 Å². The third-order valence-electron chi connectivity index (χ3n) is 10.6. The highest BCUT2D eigenvalue weighted by Gasteiger charge is 2.32. The maximum absolute atomic E-state index is 7.14.